The van der Waals surface area contributed by atoms with Crippen molar-refractivity contribution >= 4 is 11.8 Å². The van der Waals surface area contributed by atoms with Crippen LogP contribution in [0.2, 0.25) is 0 Å². The minimum atomic E-state index is -0.778. The van der Waals surface area contributed by atoms with Crippen molar-refractivity contribution in [1.82, 2.24) is 4.98 Å². The Labute approximate surface area is 82.8 Å². The Kier molecular flexibility index (Phi) is 3.45. The molecule has 0 aliphatic rings. The zero-order chi connectivity index (χ0) is 10.6. The molecule has 1 heterocycles. The van der Waals surface area contributed by atoms with Crippen LogP contribution in [0.3, 0.4) is 0 Å². The van der Waals surface area contributed by atoms with Crippen LogP contribution in [0.1, 0.15) is 18.9 Å². The third-order valence-electron chi connectivity index (χ3n) is 2.02. The van der Waals surface area contributed by atoms with E-state index in [9.17, 15) is 4.79 Å². The maximum absolute atomic E-state index is 10.4. The van der Waals surface area contributed by atoms with Gasteiger partial charge in [-0.25, -0.2) is 4.98 Å². The molecule has 4 nitrogen and oxygen atoms in total. The Balaban J connectivity index is 2.60. The molecule has 1 rings (SSSR count). The normalized spacial score (nSPS) is 12.4. The predicted molar refractivity (Wildman–Crippen MR) is 53.8 cm³/mol. The van der Waals surface area contributed by atoms with E-state index in [1.807, 2.05) is 13.0 Å². The van der Waals surface area contributed by atoms with Gasteiger partial charge in [0.05, 0.1) is 0 Å². The number of carboxylic acids is 1. The lowest BCUT2D eigenvalue weighted by molar-refractivity contribution is -0.137. The molecule has 0 aliphatic heterocycles. The fourth-order valence-corrected chi connectivity index (χ4v) is 1.37. The van der Waals surface area contributed by atoms with E-state index >= 15 is 0 Å². The fraction of sp³-hybridized carbons (Fsp3) is 0.400. The van der Waals surface area contributed by atoms with Crippen LogP contribution in [-0.4, -0.2) is 16.1 Å². The van der Waals surface area contributed by atoms with E-state index in [0.29, 0.717) is 12.2 Å². The summed E-state index contributed by atoms with van der Waals surface area (Å²) in [7, 11) is 0. The first kappa shape index (κ1) is 10.5. The van der Waals surface area contributed by atoms with Gasteiger partial charge in [0.15, 0.2) is 0 Å². The monoisotopic (exact) mass is 194 g/mol. The van der Waals surface area contributed by atoms with Crippen molar-refractivity contribution in [2.45, 2.75) is 19.8 Å². The SMILES string of the molecule is CC(CC(=O)O)Cc1cccnc1N. The van der Waals surface area contributed by atoms with Gasteiger partial charge in [0.2, 0.25) is 0 Å². The Morgan fingerprint density at radius 2 is 2.43 bits per heavy atom. The summed E-state index contributed by atoms with van der Waals surface area (Å²) in [5.41, 5.74) is 6.56. The van der Waals surface area contributed by atoms with Crippen LogP contribution in [0.4, 0.5) is 5.82 Å². The second-order valence-corrected chi connectivity index (χ2v) is 3.45. The summed E-state index contributed by atoms with van der Waals surface area (Å²) in [5, 5.41) is 8.58. The molecule has 76 valence electrons. The van der Waals surface area contributed by atoms with Crippen LogP contribution in [-0.2, 0) is 11.2 Å². The number of carboxylic acid groups (broad SMARTS) is 1. The standard InChI is InChI=1S/C10H14N2O2/c1-7(6-9(13)14)5-8-3-2-4-12-10(8)11/h2-4,7H,5-6H2,1H3,(H2,11,12)(H,13,14). The minimum absolute atomic E-state index is 0.0824. The van der Waals surface area contributed by atoms with Crippen LogP contribution in [0.25, 0.3) is 0 Å². The summed E-state index contributed by atoms with van der Waals surface area (Å²) >= 11 is 0. The number of aromatic nitrogens is 1. The number of nitrogens with two attached hydrogens (primary N) is 1. The summed E-state index contributed by atoms with van der Waals surface area (Å²) in [6.45, 7) is 1.89. The van der Waals surface area contributed by atoms with Gasteiger partial charge >= 0.3 is 5.97 Å². The van der Waals surface area contributed by atoms with Gasteiger partial charge in [-0.15, -0.1) is 0 Å². The quantitative estimate of drug-likeness (QED) is 0.757. The molecule has 3 N–H and O–H groups in total. The van der Waals surface area contributed by atoms with Crippen molar-refractivity contribution in [3.63, 3.8) is 0 Å². The average molecular weight is 194 g/mol. The van der Waals surface area contributed by atoms with Gasteiger partial charge < -0.3 is 10.8 Å². The van der Waals surface area contributed by atoms with E-state index in [1.165, 1.54) is 0 Å². The lowest BCUT2D eigenvalue weighted by Gasteiger charge is -2.09. The van der Waals surface area contributed by atoms with E-state index in [1.54, 1.807) is 12.3 Å². The summed E-state index contributed by atoms with van der Waals surface area (Å²) in [5.74, 6) is -0.205. The maximum Gasteiger partial charge on any atom is 0.303 e. The van der Waals surface area contributed by atoms with Crippen molar-refractivity contribution in [3.05, 3.63) is 23.9 Å². The zero-order valence-corrected chi connectivity index (χ0v) is 8.10. The molecule has 1 unspecified atom stereocenters. The molecule has 0 spiro atoms. The molecule has 0 bridgehead atoms. The minimum Gasteiger partial charge on any atom is -0.481 e. The Bertz CT molecular complexity index is 326. The van der Waals surface area contributed by atoms with Crippen molar-refractivity contribution in [2.75, 3.05) is 5.73 Å². The van der Waals surface area contributed by atoms with Gasteiger partial charge in [-0.1, -0.05) is 13.0 Å². The number of anilines is 1. The molecule has 0 radical (unpaired) electrons. The summed E-state index contributed by atoms with van der Waals surface area (Å²) in [6, 6.07) is 3.68. The molecule has 1 aromatic heterocycles. The van der Waals surface area contributed by atoms with Crippen LogP contribution < -0.4 is 5.73 Å². The topological polar surface area (TPSA) is 76.2 Å². The van der Waals surface area contributed by atoms with Crippen molar-refractivity contribution in [1.29, 1.82) is 0 Å². The van der Waals surface area contributed by atoms with Crippen LogP contribution in [0.5, 0.6) is 0 Å². The molecule has 0 aliphatic carbocycles. The second kappa shape index (κ2) is 4.60. The van der Waals surface area contributed by atoms with Crippen LogP contribution in [0.15, 0.2) is 18.3 Å². The van der Waals surface area contributed by atoms with Crippen molar-refractivity contribution in [2.24, 2.45) is 5.92 Å². The summed E-state index contributed by atoms with van der Waals surface area (Å²) in [6.07, 6.45) is 2.45. The number of hydrogen-bond donors (Lipinski definition) is 2. The highest BCUT2D eigenvalue weighted by atomic mass is 16.4. The van der Waals surface area contributed by atoms with E-state index in [0.717, 1.165) is 5.56 Å². The molecule has 14 heavy (non-hydrogen) atoms. The first-order chi connectivity index (χ1) is 6.59. The highest BCUT2D eigenvalue weighted by Crippen LogP contribution is 2.15. The number of rotatable bonds is 4. The Hall–Kier alpha value is -1.58. The molecular formula is C10H14N2O2. The fourth-order valence-electron chi connectivity index (χ4n) is 1.37. The van der Waals surface area contributed by atoms with Crippen LogP contribution >= 0.6 is 0 Å². The molecular weight excluding hydrogens is 180 g/mol. The summed E-state index contributed by atoms with van der Waals surface area (Å²) in [4.78, 5) is 14.4. The van der Waals surface area contributed by atoms with Gasteiger partial charge in [0, 0.05) is 12.6 Å². The zero-order valence-electron chi connectivity index (χ0n) is 8.10. The van der Waals surface area contributed by atoms with Crippen LogP contribution in [0, 0.1) is 5.92 Å². The van der Waals surface area contributed by atoms with E-state index in [2.05, 4.69) is 4.98 Å². The van der Waals surface area contributed by atoms with Crippen molar-refractivity contribution < 1.29 is 9.90 Å². The first-order valence-electron chi connectivity index (χ1n) is 4.50. The first-order valence-corrected chi connectivity index (χ1v) is 4.50. The van der Waals surface area contributed by atoms with E-state index in [-0.39, 0.29) is 12.3 Å². The number of hydrogen-bond acceptors (Lipinski definition) is 3. The third-order valence-corrected chi connectivity index (χ3v) is 2.02. The van der Waals surface area contributed by atoms with Gasteiger partial charge in [-0.2, -0.15) is 0 Å². The number of pyridine rings is 1. The molecule has 0 saturated carbocycles. The molecule has 0 amide bonds. The molecule has 0 saturated heterocycles. The Morgan fingerprint density at radius 3 is 3.00 bits per heavy atom. The second-order valence-electron chi connectivity index (χ2n) is 3.45. The lowest BCUT2D eigenvalue weighted by Crippen LogP contribution is -2.08. The molecule has 1 aromatic rings. The highest BCUT2D eigenvalue weighted by molar-refractivity contribution is 5.67. The van der Waals surface area contributed by atoms with Gasteiger partial charge in [-0.3, -0.25) is 4.79 Å². The third kappa shape index (κ3) is 3.05. The average Bonchev–Trinajstić information content (AvgIpc) is 2.07. The number of nitrogen functional groups attached to an aromatic ring is 1. The molecule has 0 aromatic carbocycles. The number of carbonyl (C=O) groups is 1. The summed E-state index contributed by atoms with van der Waals surface area (Å²) < 4.78 is 0. The van der Waals surface area contributed by atoms with E-state index < -0.39 is 5.97 Å². The highest BCUT2D eigenvalue weighted by Gasteiger charge is 2.10. The predicted octanol–water partition coefficient (Wildman–Crippen LogP) is 1.32. The Morgan fingerprint density at radius 1 is 1.71 bits per heavy atom. The smallest absolute Gasteiger partial charge is 0.303 e. The largest absolute Gasteiger partial charge is 0.481 e. The van der Waals surface area contributed by atoms with Gasteiger partial charge in [-0.05, 0) is 24.0 Å². The lowest BCUT2D eigenvalue weighted by atomic mass is 9.99. The number of nitrogens with zero attached hydrogens (tertiary/aromatic N) is 1. The van der Waals surface area contributed by atoms with Crippen molar-refractivity contribution in [3.8, 4) is 0 Å². The van der Waals surface area contributed by atoms with Gasteiger partial charge in [0.1, 0.15) is 5.82 Å². The number of aliphatic carboxylic acids is 1. The molecule has 4 heteroatoms. The molecule has 0 fully saturated rings. The molecule has 1 atom stereocenters. The van der Waals surface area contributed by atoms with Gasteiger partial charge in [0.25, 0.3) is 0 Å². The van der Waals surface area contributed by atoms with E-state index in [4.69, 9.17) is 10.8 Å². The maximum atomic E-state index is 10.4.